The zero-order valence-corrected chi connectivity index (χ0v) is 21.9. The van der Waals surface area contributed by atoms with Crippen molar-refractivity contribution in [3.8, 4) is 0 Å². The molecule has 3 aliphatic rings. The summed E-state index contributed by atoms with van der Waals surface area (Å²) in [5.74, 6) is 1.73. The van der Waals surface area contributed by atoms with Crippen molar-refractivity contribution in [2.75, 3.05) is 33.7 Å². The molecule has 0 saturated carbocycles. The van der Waals surface area contributed by atoms with Crippen LogP contribution in [0.1, 0.15) is 55.6 Å². The van der Waals surface area contributed by atoms with Crippen LogP contribution >= 0.6 is 35.3 Å². The topological polar surface area (TPSA) is 55.8 Å². The second-order valence-electron chi connectivity index (χ2n) is 9.25. The molecule has 30 heavy (non-hydrogen) atoms. The number of guanidine groups is 1. The Morgan fingerprint density at radius 3 is 2.50 bits per heavy atom. The summed E-state index contributed by atoms with van der Waals surface area (Å²) in [5.41, 5.74) is 1.23. The van der Waals surface area contributed by atoms with E-state index in [0.29, 0.717) is 6.04 Å². The maximum Gasteiger partial charge on any atom is 0.191 e. The third-order valence-corrected chi connectivity index (χ3v) is 8.04. The molecular formula is C22H39IN6S. The summed E-state index contributed by atoms with van der Waals surface area (Å²) >= 11 is 1.76. The molecule has 6 nitrogen and oxygen atoms in total. The molecule has 2 atom stereocenters. The highest BCUT2D eigenvalue weighted by atomic mass is 127. The Morgan fingerprint density at radius 2 is 1.90 bits per heavy atom. The van der Waals surface area contributed by atoms with Gasteiger partial charge in [0.2, 0.25) is 0 Å². The molecular weight excluding hydrogens is 507 g/mol. The van der Waals surface area contributed by atoms with Crippen molar-refractivity contribution in [3.63, 3.8) is 0 Å². The van der Waals surface area contributed by atoms with Crippen LogP contribution in [0, 0.1) is 12.8 Å². The number of hydrogen-bond acceptors (Lipinski definition) is 5. The zero-order valence-electron chi connectivity index (χ0n) is 18.8. The fourth-order valence-electron chi connectivity index (χ4n) is 5.42. The summed E-state index contributed by atoms with van der Waals surface area (Å²) in [6, 6.07) is 2.07. The van der Waals surface area contributed by atoms with Gasteiger partial charge in [0.1, 0.15) is 0 Å². The van der Waals surface area contributed by atoms with Gasteiger partial charge in [-0.2, -0.15) is 0 Å². The zero-order chi connectivity index (χ0) is 20.2. The van der Waals surface area contributed by atoms with Crippen LogP contribution in [-0.4, -0.2) is 72.6 Å². The van der Waals surface area contributed by atoms with Crippen LogP contribution in [-0.2, 0) is 6.54 Å². The highest BCUT2D eigenvalue weighted by Gasteiger charge is 2.36. The van der Waals surface area contributed by atoms with E-state index in [1.165, 1.54) is 68.7 Å². The predicted octanol–water partition coefficient (Wildman–Crippen LogP) is 3.46. The van der Waals surface area contributed by atoms with Crippen molar-refractivity contribution < 1.29 is 0 Å². The molecule has 3 aliphatic heterocycles. The van der Waals surface area contributed by atoms with Crippen molar-refractivity contribution in [2.45, 2.75) is 76.5 Å². The highest BCUT2D eigenvalue weighted by Crippen LogP contribution is 2.32. The number of aromatic nitrogens is 1. The summed E-state index contributed by atoms with van der Waals surface area (Å²) in [6.45, 7) is 6.47. The van der Waals surface area contributed by atoms with E-state index in [9.17, 15) is 0 Å². The van der Waals surface area contributed by atoms with Gasteiger partial charge in [0, 0.05) is 43.6 Å². The highest BCUT2D eigenvalue weighted by molar-refractivity contribution is 14.0. The number of nitrogens with one attached hydrogen (secondary N) is 2. The van der Waals surface area contributed by atoms with Crippen LogP contribution in [0.4, 0.5) is 0 Å². The smallest absolute Gasteiger partial charge is 0.191 e. The SMILES string of the molecule is CN=C(NCC1CCN(Cc2csc(C)n2)CC1)NC1CC2CCCC(C1)N2C.I. The van der Waals surface area contributed by atoms with Crippen molar-refractivity contribution in [1.29, 1.82) is 0 Å². The minimum Gasteiger partial charge on any atom is -0.356 e. The van der Waals surface area contributed by atoms with Crippen LogP contribution in [0.2, 0.25) is 0 Å². The van der Waals surface area contributed by atoms with Crippen LogP contribution in [0.15, 0.2) is 10.4 Å². The number of nitrogens with zero attached hydrogens (tertiary/aromatic N) is 4. The Kier molecular flexibility index (Phi) is 9.22. The van der Waals surface area contributed by atoms with Gasteiger partial charge >= 0.3 is 0 Å². The van der Waals surface area contributed by atoms with E-state index in [2.05, 4.69) is 49.8 Å². The Labute approximate surface area is 203 Å². The molecule has 2 unspecified atom stereocenters. The third-order valence-electron chi connectivity index (χ3n) is 7.22. The third kappa shape index (κ3) is 6.29. The number of aliphatic imine (C=N–C) groups is 1. The lowest BCUT2D eigenvalue weighted by atomic mass is 9.82. The van der Waals surface area contributed by atoms with Gasteiger partial charge in [-0.05, 0) is 71.5 Å². The number of fused-ring (bicyclic) bond motifs is 2. The molecule has 0 spiro atoms. The molecule has 0 amide bonds. The quantitative estimate of drug-likeness (QED) is 0.337. The lowest BCUT2D eigenvalue weighted by molar-refractivity contribution is 0.0526. The second kappa shape index (κ2) is 11.4. The predicted molar refractivity (Wildman–Crippen MR) is 137 cm³/mol. The van der Waals surface area contributed by atoms with Gasteiger partial charge in [-0.25, -0.2) is 4.98 Å². The van der Waals surface area contributed by atoms with Gasteiger partial charge in [-0.15, -0.1) is 35.3 Å². The number of aryl methyl sites for hydroxylation is 1. The Hall–Kier alpha value is -0.450. The van der Waals surface area contributed by atoms with Crippen LogP contribution < -0.4 is 10.6 Å². The van der Waals surface area contributed by atoms with Crippen molar-refractivity contribution in [1.82, 2.24) is 25.4 Å². The number of piperidine rings is 3. The lowest BCUT2D eigenvalue weighted by Gasteiger charge is -2.47. The van der Waals surface area contributed by atoms with E-state index >= 15 is 0 Å². The summed E-state index contributed by atoms with van der Waals surface area (Å²) in [4.78, 5) is 14.3. The summed E-state index contributed by atoms with van der Waals surface area (Å²) in [7, 11) is 4.23. The molecule has 0 aliphatic carbocycles. The van der Waals surface area contributed by atoms with Crippen LogP contribution in [0.5, 0.6) is 0 Å². The van der Waals surface area contributed by atoms with E-state index in [4.69, 9.17) is 0 Å². The molecule has 8 heteroatoms. The summed E-state index contributed by atoms with van der Waals surface area (Å²) < 4.78 is 0. The van der Waals surface area contributed by atoms with Crippen molar-refractivity contribution in [3.05, 3.63) is 16.1 Å². The van der Waals surface area contributed by atoms with E-state index < -0.39 is 0 Å². The maximum absolute atomic E-state index is 4.61. The van der Waals surface area contributed by atoms with Crippen LogP contribution in [0.25, 0.3) is 0 Å². The van der Waals surface area contributed by atoms with Crippen LogP contribution in [0.3, 0.4) is 0 Å². The Morgan fingerprint density at radius 1 is 1.20 bits per heavy atom. The largest absolute Gasteiger partial charge is 0.356 e. The lowest BCUT2D eigenvalue weighted by Crippen LogP contribution is -2.57. The maximum atomic E-state index is 4.61. The van der Waals surface area contributed by atoms with E-state index in [1.807, 2.05) is 7.05 Å². The second-order valence-corrected chi connectivity index (χ2v) is 10.3. The normalized spacial score (nSPS) is 28.8. The molecule has 3 fully saturated rings. The van der Waals surface area contributed by atoms with E-state index in [-0.39, 0.29) is 24.0 Å². The average molecular weight is 547 g/mol. The first kappa shape index (κ1) is 24.2. The Bertz CT molecular complexity index is 673. The minimum absolute atomic E-state index is 0. The van der Waals surface area contributed by atoms with Gasteiger partial charge in [-0.3, -0.25) is 9.89 Å². The van der Waals surface area contributed by atoms with Gasteiger partial charge in [0.15, 0.2) is 5.96 Å². The number of rotatable bonds is 5. The number of thiazole rings is 1. The Balaban J connectivity index is 0.00000256. The van der Waals surface area contributed by atoms with Crippen molar-refractivity contribution >= 4 is 41.3 Å². The van der Waals surface area contributed by atoms with Gasteiger partial charge in [-0.1, -0.05) is 6.42 Å². The summed E-state index contributed by atoms with van der Waals surface area (Å²) in [5, 5.41) is 10.7. The fourth-order valence-corrected chi connectivity index (χ4v) is 6.03. The molecule has 4 rings (SSSR count). The molecule has 4 heterocycles. The standard InChI is InChI=1S/C22H38N6S.HI/c1-16-25-19(15-29-16)14-28-9-7-17(8-10-28)13-24-22(23-2)26-18-11-20-5-4-6-21(12-18)27(20)3;/h15,17-18,20-21H,4-14H2,1-3H3,(H2,23,24,26);1H. The first-order valence-electron chi connectivity index (χ1n) is 11.4. The van der Waals surface area contributed by atoms with E-state index in [0.717, 1.165) is 37.1 Å². The number of likely N-dealkylation sites (tertiary alicyclic amines) is 1. The average Bonchev–Trinajstić information content (AvgIpc) is 3.11. The van der Waals surface area contributed by atoms with Crippen molar-refractivity contribution in [2.24, 2.45) is 10.9 Å². The molecule has 1 aromatic heterocycles. The summed E-state index contributed by atoms with van der Waals surface area (Å²) in [6.07, 6.45) is 9.13. The first-order chi connectivity index (χ1) is 14.1. The molecule has 0 aromatic carbocycles. The number of hydrogen-bond donors (Lipinski definition) is 2. The molecule has 2 bridgehead atoms. The fraction of sp³-hybridized carbons (Fsp3) is 0.818. The molecule has 0 radical (unpaired) electrons. The van der Waals surface area contributed by atoms with Gasteiger partial charge < -0.3 is 15.5 Å². The molecule has 1 aromatic rings. The van der Waals surface area contributed by atoms with Gasteiger partial charge in [0.05, 0.1) is 10.7 Å². The minimum atomic E-state index is 0. The van der Waals surface area contributed by atoms with Gasteiger partial charge in [0.25, 0.3) is 0 Å². The number of halogens is 1. The molecule has 2 N–H and O–H groups in total. The van der Waals surface area contributed by atoms with E-state index in [1.54, 1.807) is 11.3 Å². The molecule has 170 valence electrons. The molecule has 3 saturated heterocycles. The first-order valence-corrected chi connectivity index (χ1v) is 12.3. The monoisotopic (exact) mass is 546 g/mol.